The second kappa shape index (κ2) is 4.50. The average Bonchev–Trinajstić information content (AvgIpc) is 2.79. The molecule has 0 aliphatic carbocycles. The number of thiazole rings is 1. The van der Waals surface area contributed by atoms with Crippen molar-refractivity contribution in [3.8, 4) is 0 Å². The number of aryl methyl sites for hydroxylation is 2. The molecule has 90 valence electrons. The summed E-state index contributed by atoms with van der Waals surface area (Å²) in [6.45, 7) is 1.79. The molecule has 1 amide bonds. The summed E-state index contributed by atoms with van der Waals surface area (Å²) in [6.07, 6.45) is 3.04. The molecule has 2 rings (SSSR count). The van der Waals surface area contributed by atoms with E-state index in [1.165, 1.54) is 22.2 Å². The molecule has 0 aliphatic heterocycles. The molecule has 2 aromatic rings. The fraction of sp³-hybridized carbons (Fsp3) is 0.333. The Morgan fingerprint density at radius 3 is 2.88 bits per heavy atom. The van der Waals surface area contributed by atoms with Crippen LogP contribution in [-0.2, 0) is 18.4 Å². The molecule has 0 bridgehead atoms. The predicted molar refractivity (Wildman–Crippen MR) is 62.9 cm³/mol. The van der Waals surface area contributed by atoms with E-state index in [9.17, 15) is 9.59 Å². The van der Waals surface area contributed by atoms with Gasteiger partial charge in [-0.3, -0.25) is 9.36 Å². The molecule has 0 unspecified atom stereocenters. The van der Waals surface area contributed by atoms with Gasteiger partial charge in [0.1, 0.15) is 12.9 Å². The third kappa shape index (κ3) is 2.59. The van der Waals surface area contributed by atoms with Crippen LogP contribution in [-0.4, -0.2) is 25.2 Å². The minimum Gasteiger partial charge on any atom is -0.300 e. The minimum atomic E-state index is -0.324. The van der Waals surface area contributed by atoms with E-state index in [-0.39, 0.29) is 18.1 Å². The maximum atomic E-state index is 11.6. The lowest BCUT2D eigenvalue weighted by Crippen LogP contribution is -2.29. The zero-order valence-electron chi connectivity index (χ0n) is 9.38. The van der Waals surface area contributed by atoms with Gasteiger partial charge in [0.2, 0.25) is 5.91 Å². The molecule has 2 aromatic heterocycles. The van der Waals surface area contributed by atoms with Crippen molar-refractivity contribution >= 4 is 22.4 Å². The van der Waals surface area contributed by atoms with Crippen molar-refractivity contribution in [3.63, 3.8) is 0 Å². The lowest BCUT2D eigenvalue weighted by Gasteiger charge is -2.00. The van der Waals surface area contributed by atoms with Gasteiger partial charge in [-0.2, -0.15) is 5.10 Å². The molecular weight excluding hydrogens is 242 g/mol. The highest BCUT2D eigenvalue weighted by atomic mass is 32.1. The van der Waals surface area contributed by atoms with Crippen molar-refractivity contribution < 1.29 is 4.79 Å². The SMILES string of the molecule is Cc1cnc(NC(=O)Cn2ncn(C)c2=O)s1. The van der Waals surface area contributed by atoms with Gasteiger partial charge in [-0.25, -0.2) is 14.5 Å². The second-order valence-corrected chi connectivity index (χ2v) is 4.74. The first-order valence-corrected chi connectivity index (χ1v) is 5.68. The van der Waals surface area contributed by atoms with E-state index in [1.807, 2.05) is 6.92 Å². The van der Waals surface area contributed by atoms with Gasteiger partial charge < -0.3 is 5.32 Å². The lowest BCUT2D eigenvalue weighted by molar-refractivity contribution is -0.117. The van der Waals surface area contributed by atoms with E-state index in [0.717, 1.165) is 9.56 Å². The fourth-order valence-corrected chi connectivity index (χ4v) is 1.92. The standard InChI is InChI=1S/C9H11N5O2S/c1-6-3-10-8(17-6)12-7(15)4-14-9(16)13(2)5-11-14/h3,5H,4H2,1-2H3,(H,10,12,15). The Bertz CT molecular complexity index is 597. The number of anilines is 1. The summed E-state index contributed by atoms with van der Waals surface area (Å²) in [5.74, 6) is -0.319. The molecule has 0 aliphatic rings. The van der Waals surface area contributed by atoms with Crippen LogP contribution in [0.5, 0.6) is 0 Å². The highest BCUT2D eigenvalue weighted by molar-refractivity contribution is 7.15. The molecule has 2 heterocycles. The Morgan fingerprint density at radius 1 is 1.59 bits per heavy atom. The number of amides is 1. The van der Waals surface area contributed by atoms with Crippen LogP contribution < -0.4 is 11.0 Å². The topological polar surface area (TPSA) is 81.8 Å². The number of rotatable bonds is 3. The van der Waals surface area contributed by atoms with Gasteiger partial charge in [-0.1, -0.05) is 0 Å². The van der Waals surface area contributed by atoms with E-state index >= 15 is 0 Å². The monoisotopic (exact) mass is 253 g/mol. The molecule has 8 heteroatoms. The summed E-state index contributed by atoms with van der Waals surface area (Å²) in [5.41, 5.74) is -0.324. The Morgan fingerprint density at radius 2 is 2.35 bits per heavy atom. The van der Waals surface area contributed by atoms with Crippen molar-refractivity contribution in [2.24, 2.45) is 7.05 Å². The van der Waals surface area contributed by atoms with Crippen molar-refractivity contribution in [1.82, 2.24) is 19.3 Å². The third-order valence-electron chi connectivity index (χ3n) is 2.05. The molecule has 0 aromatic carbocycles. The van der Waals surface area contributed by atoms with Crippen LogP contribution in [0.4, 0.5) is 5.13 Å². The zero-order chi connectivity index (χ0) is 12.4. The van der Waals surface area contributed by atoms with E-state index in [2.05, 4.69) is 15.4 Å². The molecule has 0 atom stereocenters. The number of carbonyl (C=O) groups is 1. The second-order valence-electron chi connectivity index (χ2n) is 3.51. The van der Waals surface area contributed by atoms with Gasteiger partial charge in [-0.15, -0.1) is 11.3 Å². The molecule has 1 N–H and O–H groups in total. The van der Waals surface area contributed by atoms with Crippen molar-refractivity contribution in [3.05, 3.63) is 27.9 Å². The highest BCUT2D eigenvalue weighted by Gasteiger charge is 2.09. The van der Waals surface area contributed by atoms with Crippen LogP contribution in [0.1, 0.15) is 4.88 Å². The van der Waals surface area contributed by atoms with Gasteiger partial charge in [0, 0.05) is 18.1 Å². The summed E-state index contributed by atoms with van der Waals surface area (Å²) < 4.78 is 2.40. The predicted octanol–water partition coefficient (Wildman–Crippen LogP) is -0.0146. The van der Waals surface area contributed by atoms with Gasteiger partial charge >= 0.3 is 5.69 Å². The summed E-state index contributed by atoms with van der Waals surface area (Å²) in [7, 11) is 1.58. The van der Waals surface area contributed by atoms with Crippen LogP contribution in [0, 0.1) is 6.92 Å². The first-order valence-electron chi connectivity index (χ1n) is 4.87. The van der Waals surface area contributed by atoms with E-state index in [1.54, 1.807) is 13.2 Å². The average molecular weight is 253 g/mol. The molecule has 0 spiro atoms. The Labute approximate surface area is 101 Å². The maximum absolute atomic E-state index is 11.6. The maximum Gasteiger partial charge on any atom is 0.345 e. The van der Waals surface area contributed by atoms with Crippen molar-refractivity contribution in [2.45, 2.75) is 13.5 Å². The van der Waals surface area contributed by atoms with E-state index in [0.29, 0.717) is 5.13 Å². The van der Waals surface area contributed by atoms with Gasteiger partial charge in [0.15, 0.2) is 5.13 Å². The zero-order valence-corrected chi connectivity index (χ0v) is 10.2. The quantitative estimate of drug-likeness (QED) is 0.833. The van der Waals surface area contributed by atoms with E-state index in [4.69, 9.17) is 0 Å². The third-order valence-corrected chi connectivity index (χ3v) is 2.88. The number of hydrogen-bond donors (Lipinski definition) is 1. The van der Waals surface area contributed by atoms with Crippen LogP contribution in [0.15, 0.2) is 17.3 Å². The summed E-state index contributed by atoms with van der Waals surface area (Å²) in [4.78, 5) is 28.0. The van der Waals surface area contributed by atoms with Crippen molar-refractivity contribution in [2.75, 3.05) is 5.32 Å². The van der Waals surface area contributed by atoms with Crippen LogP contribution in [0.3, 0.4) is 0 Å². The highest BCUT2D eigenvalue weighted by Crippen LogP contribution is 2.16. The number of nitrogens with one attached hydrogen (secondary N) is 1. The lowest BCUT2D eigenvalue weighted by atomic mass is 10.6. The molecule has 17 heavy (non-hydrogen) atoms. The van der Waals surface area contributed by atoms with Gasteiger partial charge in [-0.05, 0) is 6.92 Å². The Hall–Kier alpha value is -1.96. The number of aromatic nitrogens is 4. The Balaban J connectivity index is 2.03. The van der Waals surface area contributed by atoms with Crippen LogP contribution in [0.25, 0.3) is 0 Å². The largest absolute Gasteiger partial charge is 0.345 e. The number of nitrogens with zero attached hydrogens (tertiary/aromatic N) is 4. The number of hydrogen-bond acceptors (Lipinski definition) is 5. The van der Waals surface area contributed by atoms with Gasteiger partial charge in [0.25, 0.3) is 0 Å². The van der Waals surface area contributed by atoms with Crippen LogP contribution >= 0.6 is 11.3 Å². The summed E-state index contributed by atoms with van der Waals surface area (Å²) in [5, 5.41) is 6.92. The summed E-state index contributed by atoms with van der Waals surface area (Å²) >= 11 is 1.38. The minimum absolute atomic E-state index is 0.113. The fourth-order valence-electron chi connectivity index (χ4n) is 1.24. The molecule has 7 nitrogen and oxygen atoms in total. The smallest absolute Gasteiger partial charge is 0.300 e. The first-order chi connectivity index (χ1) is 8.06. The molecule has 0 radical (unpaired) electrons. The number of carbonyl (C=O) groups excluding carboxylic acids is 1. The molecular formula is C9H11N5O2S. The molecule has 0 saturated carbocycles. The molecule has 0 fully saturated rings. The first kappa shape index (κ1) is 11.5. The normalized spacial score (nSPS) is 10.5. The Kier molecular flexibility index (Phi) is 3.05. The molecule has 0 saturated heterocycles. The van der Waals surface area contributed by atoms with Crippen LogP contribution in [0.2, 0.25) is 0 Å². The van der Waals surface area contributed by atoms with E-state index < -0.39 is 0 Å². The van der Waals surface area contributed by atoms with Gasteiger partial charge in [0.05, 0.1) is 0 Å². The van der Waals surface area contributed by atoms with Crippen molar-refractivity contribution in [1.29, 1.82) is 0 Å². The summed E-state index contributed by atoms with van der Waals surface area (Å²) in [6, 6.07) is 0.